The quantitative estimate of drug-likeness (QED) is 0.404. The molecule has 41 heavy (non-hydrogen) atoms. The molecule has 1 aliphatic carbocycles. The fraction of sp³-hybridized carbons (Fsp3) is 0.485. The third-order valence-electron chi connectivity index (χ3n) is 8.32. The van der Waals surface area contributed by atoms with Gasteiger partial charge in [-0.15, -0.1) is 0 Å². The van der Waals surface area contributed by atoms with Crippen LogP contribution < -0.4 is 10.6 Å². The molecule has 0 bridgehead atoms. The number of aryl methyl sites for hydroxylation is 1. The van der Waals surface area contributed by atoms with Crippen molar-refractivity contribution in [2.45, 2.75) is 77.4 Å². The Morgan fingerprint density at radius 1 is 0.951 bits per heavy atom. The molecule has 3 atom stereocenters. The van der Waals surface area contributed by atoms with Crippen molar-refractivity contribution in [2.75, 3.05) is 13.1 Å². The summed E-state index contributed by atoms with van der Waals surface area (Å²) in [4.78, 5) is 51.4. The number of Topliss-reactive ketones (excluding diaryl/α,β-unsaturated/α-hetero) is 1. The summed E-state index contributed by atoms with van der Waals surface area (Å²) in [7, 11) is 0. The smallest absolute Gasteiger partial charge is 0.271 e. The van der Waals surface area contributed by atoms with Gasteiger partial charge in [-0.3, -0.25) is 24.3 Å². The molecule has 1 aromatic heterocycles. The van der Waals surface area contributed by atoms with Gasteiger partial charge in [0.2, 0.25) is 5.91 Å². The van der Waals surface area contributed by atoms with Crippen LogP contribution in [0.3, 0.4) is 0 Å². The second-order valence-electron chi connectivity index (χ2n) is 12.0. The predicted molar refractivity (Wildman–Crippen MR) is 159 cm³/mol. The molecule has 1 aliphatic heterocycles. The Morgan fingerprint density at radius 3 is 2.49 bits per heavy atom. The number of aromatic nitrogens is 2. The molecule has 2 N–H and O–H groups in total. The van der Waals surface area contributed by atoms with E-state index < -0.39 is 12.0 Å². The first kappa shape index (κ1) is 28.9. The average molecular weight is 556 g/mol. The van der Waals surface area contributed by atoms with Gasteiger partial charge in [-0.1, -0.05) is 63.1 Å². The molecule has 1 saturated carbocycles. The molecule has 8 heteroatoms. The standard InChI is InChI=1S/C33H41N5O3/c1-22(2)18-29(31(39)21-38-17-9-12-23-10-3-4-11-24(23)20-38)37-32(40)25-13-5-6-14-26(25)36-33(41)30-19-34-27-15-7-8-16-28(27)35-30/h3-4,7-8,10-11,15-16,19,22,25-26,29H,5-6,9,12-14,17-18,20-21H2,1-2H3,(H,36,41)(H,37,40)/t25-,26+,29+/m1/s1. The average Bonchev–Trinajstić information content (AvgIpc) is 3.18. The van der Waals surface area contributed by atoms with E-state index in [2.05, 4.69) is 63.6 Å². The Bertz CT molecular complexity index is 1390. The monoisotopic (exact) mass is 555 g/mol. The van der Waals surface area contributed by atoms with E-state index in [1.165, 1.54) is 17.3 Å². The highest BCUT2D eigenvalue weighted by Crippen LogP contribution is 2.26. The van der Waals surface area contributed by atoms with E-state index in [0.717, 1.165) is 44.3 Å². The van der Waals surface area contributed by atoms with E-state index in [-0.39, 0.29) is 35.3 Å². The van der Waals surface area contributed by atoms with Crippen LogP contribution in [0.4, 0.5) is 0 Å². The van der Waals surface area contributed by atoms with Crippen molar-refractivity contribution < 1.29 is 14.4 Å². The zero-order valence-corrected chi connectivity index (χ0v) is 24.1. The van der Waals surface area contributed by atoms with E-state index in [9.17, 15) is 14.4 Å². The number of nitrogens with zero attached hydrogens (tertiary/aromatic N) is 3. The van der Waals surface area contributed by atoms with E-state index >= 15 is 0 Å². The number of fused-ring (bicyclic) bond motifs is 2. The second-order valence-corrected chi connectivity index (χ2v) is 12.0. The first-order chi connectivity index (χ1) is 19.9. The van der Waals surface area contributed by atoms with Gasteiger partial charge in [0, 0.05) is 12.6 Å². The van der Waals surface area contributed by atoms with Gasteiger partial charge < -0.3 is 10.6 Å². The number of ketones is 1. The molecule has 2 aromatic carbocycles. The van der Waals surface area contributed by atoms with Crippen LogP contribution in [0.1, 0.15) is 74.0 Å². The Balaban J connectivity index is 1.24. The first-order valence-corrected chi connectivity index (χ1v) is 15.0. The maximum absolute atomic E-state index is 13.7. The molecule has 8 nitrogen and oxygen atoms in total. The van der Waals surface area contributed by atoms with Crippen LogP contribution in [-0.4, -0.2) is 57.6 Å². The summed E-state index contributed by atoms with van der Waals surface area (Å²) in [6, 6.07) is 15.0. The molecule has 5 rings (SSSR count). The van der Waals surface area contributed by atoms with E-state index in [1.807, 2.05) is 24.3 Å². The summed E-state index contributed by atoms with van der Waals surface area (Å²) >= 11 is 0. The SMILES string of the molecule is CC(C)C[C@H](NC(=O)[C@@H]1CCCC[C@@H]1NC(=O)c1cnc2ccccc2n1)C(=O)CN1CCCc2ccccc2C1. The fourth-order valence-corrected chi connectivity index (χ4v) is 6.18. The lowest BCUT2D eigenvalue weighted by Gasteiger charge is -2.33. The summed E-state index contributed by atoms with van der Waals surface area (Å²) in [6.07, 6.45) is 7.33. The number of carbonyl (C=O) groups is 3. The minimum atomic E-state index is -0.550. The highest BCUT2D eigenvalue weighted by atomic mass is 16.2. The highest BCUT2D eigenvalue weighted by molar-refractivity contribution is 5.95. The maximum atomic E-state index is 13.7. The zero-order valence-electron chi connectivity index (χ0n) is 24.1. The summed E-state index contributed by atoms with van der Waals surface area (Å²) in [5.74, 6) is -0.575. The maximum Gasteiger partial charge on any atom is 0.271 e. The molecule has 0 spiro atoms. The van der Waals surface area contributed by atoms with Crippen molar-refractivity contribution in [1.29, 1.82) is 0 Å². The van der Waals surface area contributed by atoms with Crippen molar-refractivity contribution in [3.05, 3.63) is 71.5 Å². The summed E-state index contributed by atoms with van der Waals surface area (Å²) in [5.41, 5.74) is 4.25. The van der Waals surface area contributed by atoms with E-state index in [0.29, 0.717) is 31.3 Å². The van der Waals surface area contributed by atoms with Crippen LogP contribution in [0.15, 0.2) is 54.7 Å². The lowest BCUT2D eigenvalue weighted by molar-refractivity contribution is -0.132. The Labute approximate surface area is 242 Å². The van der Waals surface area contributed by atoms with Crippen LogP contribution in [-0.2, 0) is 22.6 Å². The van der Waals surface area contributed by atoms with Gasteiger partial charge in [0.05, 0.1) is 35.7 Å². The van der Waals surface area contributed by atoms with Crippen LogP contribution >= 0.6 is 0 Å². The normalized spacial score (nSPS) is 20.2. The number of nitrogens with one attached hydrogen (secondary N) is 2. The third kappa shape index (κ3) is 7.36. The van der Waals surface area contributed by atoms with Crippen LogP contribution in [0, 0.1) is 11.8 Å². The molecule has 1 fully saturated rings. The van der Waals surface area contributed by atoms with Gasteiger partial charge in [-0.2, -0.15) is 0 Å². The van der Waals surface area contributed by atoms with Crippen molar-refractivity contribution >= 4 is 28.6 Å². The van der Waals surface area contributed by atoms with Crippen LogP contribution in [0.25, 0.3) is 11.0 Å². The molecule has 2 heterocycles. The lowest BCUT2D eigenvalue weighted by atomic mass is 9.83. The molecule has 216 valence electrons. The van der Waals surface area contributed by atoms with Gasteiger partial charge in [0.25, 0.3) is 5.91 Å². The van der Waals surface area contributed by atoms with Crippen LogP contribution in [0.5, 0.6) is 0 Å². The first-order valence-electron chi connectivity index (χ1n) is 15.0. The van der Waals surface area contributed by atoms with Crippen molar-refractivity contribution in [2.24, 2.45) is 11.8 Å². The second kappa shape index (κ2) is 13.3. The van der Waals surface area contributed by atoms with Gasteiger partial charge in [-0.05, 0) is 67.8 Å². The molecule has 0 saturated heterocycles. The molecule has 0 radical (unpaired) electrons. The molecule has 3 aromatic rings. The predicted octanol–water partition coefficient (Wildman–Crippen LogP) is 4.47. The number of rotatable bonds is 9. The summed E-state index contributed by atoms with van der Waals surface area (Å²) in [6.45, 7) is 6.07. The molecule has 2 aliphatic rings. The van der Waals surface area contributed by atoms with Gasteiger partial charge in [0.1, 0.15) is 5.69 Å². The highest BCUT2D eigenvalue weighted by Gasteiger charge is 2.35. The summed E-state index contributed by atoms with van der Waals surface area (Å²) in [5, 5.41) is 6.18. The van der Waals surface area contributed by atoms with Crippen molar-refractivity contribution in [1.82, 2.24) is 25.5 Å². The van der Waals surface area contributed by atoms with Gasteiger partial charge in [-0.25, -0.2) is 4.98 Å². The third-order valence-corrected chi connectivity index (χ3v) is 8.32. The van der Waals surface area contributed by atoms with Crippen molar-refractivity contribution in [3.8, 4) is 0 Å². The lowest BCUT2D eigenvalue weighted by Crippen LogP contribution is -2.53. The molecular formula is C33H41N5O3. The molecule has 0 unspecified atom stereocenters. The number of carbonyl (C=O) groups excluding carboxylic acids is 3. The minimum Gasteiger partial charge on any atom is -0.347 e. The molecule has 2 amide bonds. The fourth-order valence-electron chi connectivity index (χ4n) is 6.18. The Kier molecular flexibility index (Phi) is 9.39. The van der Waals surface area contributed by atoms with Crippen molar-refractivity contribution in [3.63, 3.8) is 0 Å². The Morgan fingerprint density at radius 2 is 1.68 bits per heavy atom. The Hall–Kier alpha value is -3.65. The number of para-hydroxylation sites is 2. The topological polar surface area (TPSA) is 104 Å². The van der Waals surface area contributed by atoms with Gasteiger partial charge in [0.15, 0.2) is 5.78 Å². The molecular weight excluding hydrogens is 514 g/mol. The number of hydrogen-bond acceptors (Lipinski definition) is 6. The van der Waals surface area contributed by atoms with Gasteiger partial charge >= 0.3 is 0 Å². The summed E-state index contributed by atoms with van der Waals surface area (Å²) < 4.78 is 0. The van der Waals surface area contributed by atoms with E-state index in [4.69, 9.17) is 0 Å². The van der Waals surface area contributed by atoms with E-state index in [1.54, 1.807) is 0 Å². The number of benzene rings is 2. The number of hydrogen-bond donors (Lipinski definition) is 2. The van der Waals surface area contributed by atoms with Crippen LogP contribution in [0.2, 0.25) is 0 Å². The number of amides is 2. The largest absolute Gasteiger partial charge is 0.347 e. The minimum absolute atomic E-state index is 0.0502. The zero-order chi connectivity index (χ0) is 28.8.